The number of hydrogen-bond donors (Lipinski definition) is 2. The smallest absolute Gasteiger partial charge is 0.293 e. The first-order valence-corrected chi connectivity index (χ1v) is 17.6. The molecule has 0 saturated carbocycles. The van der Waals surface area contributed by atoms with E-state index in [2.05, 4.69) is 46.4 Å². The summed E-state index contributed by atoms with van der Waals surface area (Å²) in [5.41, 5.74) is 7.69. The first kappa shape index (κ1) is 29.1. The fourth-order valence-corrected chi connectivity index (χ4v) is 7.56. The molecule has 0 aliphatic heterocycles. The molecule has 0 amide bonds. The molecule has 10 rings (SSSR count). The first-order valence-electron chi connectivity index (χ1n) is 18.4. The summed E-state index contributed by atoms with van der Waals surface area (Å²) >= 11 is 0. The molecule has 10 aromatic rings. The van der Waals surface area contributed by atoms with Gasteiger partial charge in [0, 0.05) is 39.9 Å². The predicted octanol–water partition coefficient (Wildman–Crippen LogP) is 11.0. The van der Waals surface area contributed by atoms with Crippen LogP contribution in [0.3, 0.4) is 0 Å². The molecule has 0 bridgehead atoms. The Kier molecular flexibility index (Phi) is 6.80. The van der Waals surface area contributed by atoms with Crippen molar-refractivity contribution in [1.29, 1.82) is 2.86 Å². The minimum Gasteiger partial charge on any atom is -0.506 e. The van der Waals surface area contributed by atoms with Crippen LogP contribution in [0.5, 0.6) is 11.5 Å². The molecule has 0 spiro atoms. The van der Waals surface area contributed by atoms with E-state index in [0.717, 1.165) is 71.3 Å². The van der Waals surface area contributed by atoms with Gasteiger partial charge in [0.15, 0.2) is 17.5 Å². The van der Waals surface area contributed by atoms with Crippen LogP contribution in [0.2, 0.25) is 0 Å². The molecule has 0 atom stereocenters. The van der Waals surface area contributed by atoms with Gasteiger partial charge in [-0.05, 0) is 86.3 Å². The number of rotatable bonds is 7. The van der Waals surface area contributed by atoms with E-state index in [1.807, 2.05) is 103 Å². The van der Waals surface area contributed by atoms with Gasteiger partial charge in [-0.15, -0.1) is 0 Å². The number of benzene rings is 7. The van der Waals surface area contributed by atoms with E-state index >= 15 is 0 Å². The van der Waals surface area contributed by atoms with Gasteiger partial charge in [0.1, 0.15) is 22.5 Å². The van der Waals surface area contributed by atoms with Crippen LogP contribution in [0, 0.1) is 0 Å². The Hall–Kier alpha value is -7.51. The molecule has 3 heterocycles. The van der Waals surface area contributed by atoms with Crippen molar-refractivity contribution in [2.45, 2.75) is 0 Å². The van der Waals surface area contributed by atoms with Crippen LogP contribution in [-0.4, -0.2) is 38.0 Å². The van der Waals surface area contributed by atoms with Crippen molar-refractivity contribution in [2.75, 3.05) is 0 Å². The predicted molar refractivity (Wildman–Crippen MR) is 216 cm³/mol. The van der Waals surface area contributed by atoms with E-state index in [9.17, 15) is 0 Å². The second-order valence-electron chi connectivity index (χ2n) is 13.1. The normalized spacial score (nSPS) is 11.9. The van der Waals surface area contributed by atoms with Gasteiger partial charge in [-0.1, -0.05) is 109 Å². The Balaban J connectivity index is 1.33. The third-order valence-electron chi connectivity index (χ3n) is 9.99. The highest BCUT2D eigenvalue weighted by molar-refractivity contribution is 6.25. The van der Waals surface area contributed by atoms with Crippen LogP contribution >= 0.6 is 0 Å². The highest BCUT2D eigenvalue weighted by atomic mass is 16.3. The average molecular weight is 700 g/mol. The zero-order valence-corrected chi connectivity index (χ0v) is 28.6. The second kappa shape index (κ2) is 12.6. The number of nitrogens with zero attached hydrogens (tertiary/aromatic N) is 5. The summed E-state index contributed by atoms with van der Waals surface area (Å²) in [6, 6.07) is 50.1. The van der Waals surface area contributed by atoms with Crippen LogP contribution in [0.4, 0.5) is 0 Å². The van der Waals surface area contributed by atoms with Gasteiger partial charge in [0.2, 0.25) is 0 Å². The first-order chi connectivity index (χ1) is 27.7. The molecule has 254 valence electrons. The number of aromatic hydroxyl groups is 2. The molecule has 3 aromatic heterocycles. The summed E-state index contributed by atoms with van der Waals surface area (Å²) in [6.45, 7) is 0. The lowest BCUT2D eigenvalue weighted by Gasteiger charge is -2.20. The largest absolute Gasteiger partial charge is 0.506 e. The fourth-order valence-electron chi connectivity index (χ4n) is 7.56. The van der Waals surface area contributed by atoms with Crippen molar-refractivity contribution in [2.24, 2.45) is 0 Å². The van der Waals surface area contributed by atoms with Gasteiger partial charge in [-0.2, -0.15) is 0 Å². The van der Waals surface area contributed by atoms with Gasteiger partial charge in [-0.3, -0.25) is 9.97 Å². The number of phenols is 2. The number of phenolic OH excluding ortho intramolecular Hbond substituents is 2. The molecule has 0 radical (unpaired) electrons. The van der Waals surface area contributed by atoms with Crippen molar-refractivity contribution >= 4 is 43.4 Å². The molecule has 0 saturated heterocycles. The Bertz CT molecular complexity index is 3070. The Morgan fingerprint density at radius 3 is 1.33 bits per heavy atom. The molecular formula is C47H29N5O2. The van der Waals surface area contributed by atoms with E-state index in [4.69, 9.17) is 28.0 Å². The third-order valence-corrected chi connectivity index (χ3v) is 9.99. The highest BCUT2D eigenvalue weighted by Gasteiger charge is 2.22. The van der Waals surface area contributed by atoms with Crippen LogP contribution in [0.1, 0.15) is 0 Å². The zero-order valence-electron chi connectivity index (χ0n) is 30.6. The minimum atomic E-state index is 0.373. The summed E-state index contributed by atoms with van der Waals surface area (Å²) in [6.07, 6.45) is 3.43. The maximum Gasteiger partial charge on any atom is 0.293 e. The van der Waals surface area contributed by atoms with Gasteiger partial charge in [0.05, 0.1) is 0 Å². The lowest BCUT2D eigenvalue weighted by Crippen LogP contribution is -2.00. The molecule has 2 N–H and O–H groups in total. The van der Waals surface area contributed by atoms with E-state index in [-0.39, 0.29) is 0 Å². The SMILES string of the molecule is [3H]Oc1ccc(-c2c3ccccc3c(-c3ccc(O[3H])c4ncccc34)c3cc(-c4nc(-c5ccccc5)nc(-c5ccccc5)n4)ccc23)c2cccnc12. The molecule has 0 aliphatic rings. The van der Waals surface area contributed by atoms with Crippen molar-refractivity contribution in [3.8, 4) is 67.9 Å². The summed E-state index contributed by atoms with van der Waals surface area (Å²) in [5, 5.41) is 15.8. The topological polar surface area (TPSA) is 105 Å². The standard InChI is InChI=1S/C47H29N5O2/c53-39-23-21-33(36-17-9-25-48-43(36)39)41-31-15-7-8-16-32(31)42(34-22-24-40(54)44-37(34)18-10-26-49-44)38-27-30(19-20-35(38)41)47-51-45(28-11-3-1-4-12-28)50-46(52-47)29-13-5-2-6-14-29/h1-27,53-54H/i/hT2. The van der Waals surface area contributed by atoms with Gasteiger partial charge >= 0.3 is 0 Å². The fraction of sp³-hybridized carbons (Fsp3) is 0. The Labute approximate surface area is 312 Å². The lowest BCUT2D eigenvalue weighted by molar-refractivity contribution is 0.480. The number of hydrogen-bond acceptors (Lipinski definition) is 7. The summed E-state index contributed by atoms with van der Waals surface area (Å²) in [4.78, 5) is 24.4. The van der Waals surface area contributed by atoms with Crippen LogP contribution in [0.25, 0.3) is 99.8 Å². The molecular weight excluding hydrogens is 667 g/mol. The molecule has 7 nitrogen and oxygen atoms in total. The molecule has 0 fully saturated rings. The minimum absolute atomic E-state index is 0.373. The third kappa shape index (κ3) is 5.10. The number of pyridine rings is 2. The summed E-state index contributed by atoms with van der Waals surface area (Å²) in [7, 11) is 0. The van der Waals surface area contributed by atoms with E-state index in [1.165, 1.54) is 0 Å². The van der Waals surface area contributed by atoms with Gasteiger partial charge in [0.25, 0.3) is 2.86 Å². The molecule has 7 heteroatoms. The van der Waals surface area contributed by atoms with Crippen LogP contribution in [0.15, 0.2) is 164 Å². The molecule has 0 aliphatic carbocycles. The lowest BCUT2D eigenvalue weighted by atomic mass is 9.83. The van der Waals surface area contributed by atoms with Crippen molar-refractivity contribution < 1.29 is 10.2 Å². The summed E-state index contributed by atoms with van der Waals surface area (Å²) in [5.74, 6) is 2.44. The Morgan fingerprint density at radius 2 is 0.815 bits per heavy atom. The van der Waals surface area contributed by atoms with Crippen LogP contribution < -0.4 is 0 Å². The molecule has 54 heavy (non-hydrogen) atoms. The number of fused-ring (bicyclic) bond motifs is 4. The van der Waals surface area contributed by atoms with Crippen molar-refractivity contribution in [3.63, 3.8) is 0 Å². The van der Waals surface area contributed by atoms with Crippen molar-refractivity contribution in [1.82, 2.24) is 24.9 Å². The van der Waals surface area contributed by atoms with Crippen molar-refractivity contribution in [3.05, 3.63) is 164 Å². The van der Waals surface area contributed by atoms with Crippen LogP contribution in [-0.2, 0) is 0 Å². The maximum atomic E-state index is 7.78. The van der Waals surface area contributed by atoms with E-state index in [0.29, 0.717) is 40.0 Å². The number of aromatic nitrogens is 5. The maximum absolute atomic E-state index is 7.78. The Morgan fingerprint density at radius 1 is 0.370 bits per heavy atom. The van der Waals surface area contributed by atoms with E-state index < -0.39 is 0 Å². The van der Waals surface area contributed by atoms with Gasteiger partial charge in [-0.25, -0.2) is 15.0 Å². The second-order valence-corrected chi connectivity index (χ2v) is 13.1. The molecule has 7 aromatic carbocycles. The van der Waals surface area contributed by atoms with E-state index in [1.54, 1.807) is 24.5 Å². The van der Waals surface area contributed by atoms with Gasteiger partial charge < -0.3 is 10.2 Å². The quantitative estimate of drug-likeness (QED) is 0.160. The molecule has 0 unspecified atom stereocenters. The summed E-state index contributed by atoms with van der Waals surface area (Å²) < 4.78 is 15.5. The monoisotopic (exact) mass is 699 g/mol. The zero-order chi connectivity index (χ0) is 37.6. The highest BCUT2D eigenvalue weighted by Crippen LogP contribution is 2.48. The average Bonchev–Trinajstić information content (AvgIpc) is 3.28.